The van der Waals surface area contributed by atoms with Gasteiger partial charge in [0.25, 0.3) is 0 Å². The number of rotatable bonds is 7. The molecule has 0 aromatic heterocycles. The molecular formula is C23H27NO3. The molecule has 0 unspecified atom stereocenters. The van der Waals surface area contributed by atoms with Crippen molar-refractivity contribution in [2.45, 2.75) is 38.6 Å². The van der Waals surface area contributed by atoms with Crippen molar-refractivity contribution in [1.82, 2.24) is 5.32 Å². The molecule has 142 valence electrons. The molecule has 1 N–H and O–H groups in total. The number of allylic oxidation sites excluding steroid dienone is 1. The van der Waals surface area contributed by atoms with Gasteiger partial charge in [-0.15, -0.1) is 0 Å². The first-order chi connectivity index (χ1) is 12.9. The summed E-state index contributed by atoms with van der Waals surface area (Å²) in [5.74, 6) is -0.693. The topological polar surface area (TPSA) is 55.4 Å². The van der Waals surface area contributed by atoms with E-state index in [-0.39, 0.29) is 5.91 Å². The molecule has 0 radical (unpaired) electrons. The number of hydrogen-bond donors (Lipinski definition) is 1. The fourth-order valence-electron chi connectivity index (χ4n) is 2.98. The van der Waals surface area contributed by atoms with Gasteiger partial charge < -0.3 is 10.1 Å². The van der Waals surface area contributed by atoms with Crippen molar-refractivity contribution in [2.75, 3.05) is 7.11 Å². The maximum Gasteiger partial charge on any atom is 0.328 e. The number of esters is 1. The van der Waals surface area contributed by atoms with Gasteiger partial charge in [-0.3, -0.25) is 4.79 Å². The fraction of sp³-hybridized carbons (Fsp3) is 0.304. The van der Waals surface area contributed by atoms with Gasteiger partial charge in [0, 0.05) is 0 Å². The van der Waals surface area contributed by atoms with Crippen LogP contribution >= 0.6 is 0 Å². The molecule has 0 spiro atoms. The van der Waals surface area contributed by atoms with Crippen molar-refractivity contribution >= 4 is 11.9 Å². The number of carbonyl (C=O) groups excluding carboxylic acids is 2. The van der Waals surface area contributed by atoms with Crippen LogP contribution in [0.5, 0.6) is 0 Å². The highest BCUT2D eigenvalue weighted by atomic mass is 16.5. The Kier molecular flexibility index (Phi) is 6.94. The van der Waals surface area contributed by atoms with Gasteiger partial charge in [-0.05, 0) is 38.3 Å². The lowest BCUT2D eigenvalue weighted by Crippen LogP contribution is -2.50. The smallest absolute Gasteiger partial charge is 0.328 e. The van der Waals surface area contributed by atoms with Crippen LogP contribution in [0, 0.1) is 0 Å². The second-order valence-corrected chi connectivity index (χ2v) is 6.92. The average molecular weight is 365 g/mol. The normalized spacial score (nSPS) is 12.0. The van der Waals surface area contributed by atoms with E-state index >= 15 is 0 Å². The Bertz CT molecular complexity index is 753. The highest BCUT2D eigenvalue weighted by Crippen LogP contribution is 2.32. The summed E-state index contributed by atoms with van der Waals surface area (Å²) in [6.07, 6.45) is 2.31. The average Bonchev–Trinajstić information content (AvgIpc) is 2.70. The molecule has 2 aromatic carbocycles. The van der Waals surface area contributed by atoms with E-state index in [1.54, 1.807) is 0 Å². The molecule has 0 heterocycles. The molecule has 2 rings (SSSR count). The summed E-state index contributed by atoms with van der Waals surface area (Å²) in [7, 11) is 1.33. The number of nitrogens with one attached hydrogen (secondary N) is 1. The second-order valence-electron chi connectivity index (χ2n) is 6.92. The van der Waals surface area contributed by atoms with Crippen molar-refractivity contribution in [2.24, 2.45) is 0 Å². The molecule has 0 aliphatic heterocycles. The third-order valence-electron chi connectivity index (χ3n) is 4.71. The van der Waals surface area contributed by atoms with Crippen molar-refractivity contribution in [1.29, 1.82) is 0 Å². The Hall–Kier alpha value is -2.88. The predicted octanol–water partition coefficient (Wildman–Crippen LogP) is 4.01. The summed E-state index contributed by atoms with van der Waals surface area (Å²) in [4.78, 5) is 25.6. The zero-order valence-corrected chi connectivity index (χ0v) is 16.4. The molecule has 0 aliphatic carbocycles. The van der Waals surface area contributed by atoms with E-state index in [9.17, 15) is 9.59 Å². The van der Waals surface area contributed by atoms with Gasteiger partial charge >= 0.3 is 5.97 Å². The van der Waals surface area contributed by atoms with Crippen molar-refractivity contribution in [3.8, 4) is 0 Å². The van der Waals surface area contributed by atoms with Gasteiger partial charge in [-0.25, -0.2) is 4.79 Å². The lowest BCUT2D eigenvalue weighted by atomic mass is 9.75. The molecule has 0 saturated carbocycles. The van der Waals surface area contributed by atoms with Crippen LogP contribution in [0.25, 0.3) is 0 Å². The first kappa shape index (κ1) is 20.4. The molecule has 0 aliphatic rings. The zero-order chi connectivity index (χ0) is 19.9. The summed E-state index contributed by atoms with van der Waals surface area (Å²) in [6.45, 7) is 5.78. The summed E-state index contributed by atoms with van der Waals surface area (Å²) in [6, 6.07) is 18.4. The largest absolute Gasteiger partial charge is 0.467 e. The van der Waals surface area contributed by atoms with Crippen molar-refractivity contribution in [3.05, 3.63) is 83.4 Å². The Morgan fingerprint density at radius 2 is 1.48 bits per heavy atom. The Morgan fingerprint density at radius 1 is 1.00 bits per heavy atom. The summed E-state index contributed by atoms with van der Waals surface area (Å²) in [5.41, 5.74) is 1.87. The van der Waals surface area contributed by atoms with Gasteiger partial charge in [-0.2, -0.15) is 0 Å². The lowest BCUT2D eigenvalue weighted by Gasteiger charge is -2.31. The number of benzene rings is 2. The highest BCUT2D eigenvalue weighted by Gasteiger charge is 2.38. The number of carbonyl (C=O) groups is 2. The Labute approximate surface area is 161 Å². The SMILES string of the molecule is COC(=O)[C@H](CC=C(C)C)NC(=O)C(C)(c1ccccc1)c1ccccc1. The quantitative estimate of drug-likeness (QED) is 0.596. The number of amides is 1. The zero-order valence-electron chi connectivity index (χ0n) is 16.4. The molecular weight excluding hydrogens is 338 g/mol. The van der Waals surface area contributed by atoms with E-state index in [1.165, 1.54) is 7.11 Å². The van der Waals surface area contributed by atoms with Gasteiger partial charge in [0.15, 0.2) is 0 Å². The van der Waals surface area contributed by atoms with Crippen LogP contribution in [0.4, 0.5) is 0 Å². The van der Waals surface area contributed by atoms with Crippen LogP contribution in [-0.4, -0.2) is 25.0 Å². The molecule has 27 heavy (non-hydrogen) atoms. The number of methoxy groups -OCH3 is 1. The van der Waals surface area contributed by atoms with Gasteiger partial charge in [-0.1, -0.05) is 72.3 Å². The maximum atomic E-state index is 13.4. The molecule has 0 bridgehead atoms. The third-order valence-corrected chi connectivity index (χ3v) is 4.71. The van der Waals surface area contributed by atoms with Gasteiger partial charge in [0.2, 0.25) is 5.91 Å². The fourth-order valence-corrected chi connectivity index (χ4v) is 2.98. The number of hydrogen-bond acceptors (Lipinski definition) is 3. The minimum atomic E-state index is -0.931. The molecule has 4 nitrogen and oxygen atoms in total. The molecule has 2 aromatic rings. The van der Waals surface area contributed by atoms with E-state index in [1.807, 2.05) is 87.5 Å². The van der Waals surface area contributed by atoms with E-state index in [4.69, 9.17) is 4.74 Å². The highest BCUT2D eigenvalue weighted by molar-refractivity contribution is 5.94. The van der Waals surface area contributed by atoms with Crippen LogP contribution in [0.15, 0.2) is 72.3 Å². The minimum absolute atomic E-state index is 0.238. The molecule has 4 heteroatoms. The summed E-state index contributed by atoms with van der Waals surface area (Å²) >= 11 is 0. The minimum Gasteiger partial charge on any atom is -0.467 e. The van der Waals surface area contributed by atoms with Gasteiger partial charge in [0.1, 0.15) is 6.04 Å². The first-order valence-corrected chi connectivity index (χ1v) is 9.02. The monoisotopic (exact) mass is 365 g/mol. The summed E-state index contributed by atoms with van der Waals surface area (Å²) < 4.78 is 4.89. The van der Waals surface area contributed by atoms with Gasteiger partial charge in [0.05, 0.1) is 12.5 Å². The van der Waals surface area contributed by atoms with Crippen molar-refractivity contribution in [3.63, 3.8) is 0 Å². The molecule has 0 saturated heterocycles. The Balaban J connectivity index is 2.42. The molecule has 1 amide bonds. The van der Waals surface area contributed by atoms with E-state index in [0.717, 1.165) is 16.7 Å². The Morgan fingerprint density at radius 3 is 1.89 bits per heavy atom. The van der Waals surface area contributed by atoms with Crippen LogP contribution in [-0.2, 0) is 19.7 Å². The van der Waals surface area contributed by atoms with Crippen LogP contribution in [0.3, 0.4) is 0 Å². The number of ether oxygens (including phenoxy) is 1. The standard InChI is InChI=1S/C23H27NO3/c1-17(2)15-16-20(21(25)27-4)24-22(26)23(3,18-11-7-5-8-12-18)19-13-9-6-10-14-19/h5-15,20H,16H2,1-4H3,(H,24,26)/t20-/m0/s1. The van der Waals surface area contributed by atoms with E-state index in [0.29, 0.717) is 6.42 Å². The van der Waals surface area contributed by atoms with Crippen LogP contribution < -0.4 is 5.32 Å². The van der Waals surface area contributed by atoms with Crippen molar-refractivity contribution < 1.29 is 14.3 Å². The third kappa shape index (κ3) is 4.85. The van der Waals surface area contributed by atoms with Crippen LogP contribution in [0.1, 0.15) is 38.3 Å². The molecule has 1 atom stereocenters. The maximum absolute atomic E-state index is 13.4. The van der Waals surface area contributed by atoms with E-state index in [2.05, 4.69) is 5.32 Å². The molecule has 0 fully saturated rings. The van der Waals surface area contributed by atoms with E-state index < -0.39 is 17.4 Å². The first-order valence-electron chi connectivity index (χ1n) is 9.02. The van der Waals surface area contributed by atoms with Crippen LogP contribution in [0.2, 0.25) is 0 Å². The summed E-state index contributed by atoms with van der Waals surface area (Å²) in [5, 5.41) is 2.90. The predicted molar refractivity (Wildman–Crippen MR) is 107 cm³/mol. The lowest BCUT2D eigenvalue weighted by molar-refractivity contribution is -0.145. The second kappa shape index (κ2) is 9.17.